The summed E-state index contributed by atoms with van der Waals surface area (Å²) in [4.78, 5) is 47.2. The lowest BCUT2D eigenvalue weighted by Crippen LogP contribution is -2.34. The van der Waals surface area contributed by atoms with Crippen LogP contribution in [0.5, 0.6) is 0 Å². The monoisotopic (exact) mass is 628 g/mol. The van der Waals surface area contributed by atoms with Gasteiger partial charge in [0.2, 0.25) is 0 Å². The number of rotatable bonds is 16. The molecule has 0 bridgehead atoms. The van der Waals surface area contributed by atoms with E-state index in [1.165, 1.54) is 0 Å². The Morgan fingerprint density at radius 3 is 1.73 bits per heavy atom. The lowest BCUT2D eigenvalue weighted by molar-refractivity contribution is -0.124. The summed E-state index contributed by atoms with van der Waals surface area (Å²) in [5.41, 5.74) is 4.36. The van der Waals surface area contributed by atoms with Gasteiger partial charge >= 0.3 is 0 Å². The Morgan fingerprint density at radius 1 is 0.705 bits per heavy atom. The number of hydrogen-bond acceptors (Lipinski definition) is 5. The molecule has 44 heavy (non-hydrogen) atoms. The van der Waals surface area contributed by atoms with Gasteiger partial charge in [0.1, 0.15) is 6.29 Å². The first-order chi connectivity index (χ1) is 21.4. The summed E-state index contributed by atoms with van der Waals surface area (Å²) in [6, 6.07) is 15.7. The number of thiophene rings is 2. The predicted molar refractivity (Wildman–Crippen MR) is 183 cm³/mol. The molecule has 232 valence electrons. The van der Waals surface area contributed by atoms with E-state index in [0.717, 1.165) is 89.2 Å². The van der Waals surface area contributed by atoms with Gasteiger partial charge in [0.25, 0.3) is 11.8 Å². The van der Waals surface area contributed by atoms with E-state index in [1.807, 2.05) is 51.6 Å². The first kappa shape index (κ1) is 32.1. The number of fused-ring (bicyclic) bond motifs is 1. The molecule has 2 aromatic heterocycles. The van der Waals surface area contributed by atoms with E-state index < -0.39 is 0 Å². The molecular weight excluding hydrogens is 585 g/mol. The molecule has 2 aliphatic heterocycles. The van der Waals surface area contributed by atoms with E-state index in [-0.39, 0.29) is 11.8 Å². The van der Waals surface area contributed by atoms with Crippen LogP contribution in [0.25, 0.3) is 21.8 Å². The molecule has 4 heterocycles. The summed E-state index contributed by atoms with van der Waals surface area (Å²) in [5.74, 6) is 0.649. The second-order valence-corrected chi connectivity index (χ2v) is 14.0. The van der Waals surface area contributed by atoms with Crippen LogP contribution in [-0.4, -0.2) is 41.0 Å². The van der Waals surface area contributed by atoms with Crippen LogP contribution in [0.2, 0.25) is 0 Å². The van der Waals surface area contributed by atoms with Crippen molar-refractivity contribution < 1.29 is 14.4 Å². The van der Waals surface area contributed by atoms with E-state index >= 15 is 0 Å². The van der Waals surface area contributed by atoms with E-state index in [2.05, 4.69) is 39.8 Å². The maximum absolute atomic E-state index is 14.6. The fourth-order valence-corrected chi connectivity index (χ4v) is 8.22. The van der Waals surface area contributed by atoms with Crippen LogP contribution in [0.15, 0.2) is 65.1 Å². The van der Waals surface area contributed by atoms with Crippen molar-refractivity contribution in [3.05, 3.63) is 80.4 Å². The topological polar surface area (TPSA) is 57.7 Å². The minimum atomic E-state index is -0.0453. The van der Waals surface area contributed by atoms with Crippen molar-refractivity contribution in [1.82, 2.24) is 9.80 Å². The van der Waals surface area contributed by atoms with E-state index in [9.17, 15) is 14.4 Å². The number of unbranched alkanes of at least 4 members (excludes halogenated alkanes) is 2. The molecule has 3 aromatic rings. The highest BCUT2D eigenvalue weighted by Gasteiger charge is 2.49. The largest absolute Gasteiger partial charge is 0.306 e. The smallest absolute Gasteiger partial charge is 0.261 e. The Hall–Kier alpha value is -3.29. The minimum absolute atomic E-state index is 0.0453. The molecule has 0 fully saturated rings. The van der Waals surface area contributed by atoms with Gasteiger partial charge in [-0.1, -0.05) is 96.6 Å². The Labute approximate surface area is 270 Å². The standard InChI is InChI=1S/C37H44N2O3S2/c1-5-9-12-25(7-3)22-38-34(30-14-11-21-43-30)32-33(37(38)42)35(39(36(32)41)23-26(8-4)13-10-6-2)31-20-19-29(44-31)28-17-15-27(24-40)16-18-28/h11,14-21,24-26H,5-10,12-13,22-23H2,1-4H3. The normalized spacial score (nSPS) is 16.4. The highest BCUT2D eigenvalue weighted by atomic mass is 32.1. The van der Waals surface area contributed by atoms with Crippen molar-refractivity contribution in [3.8, 4) is 10.4 Å². The summed E-state index contributed by atoms with van der Waals surface area (Å²) in [5, 5.41) is 2.03. The summed E-state index contributed by atoms with van der Waals surface area (Å²) < 4.78 is 0. The highest BCUT2D eigenvalue weighted by Crippen LogP contribution is 2.49. The van der Waals surface area contributed by atoms with Gasteiger partial charge in [-0.15, -0.1) is 22.7 Å². The molecule has 2 atom stereocenters. The van der Waals surface area contributed by atoms with Crippen LogP contribution < -0.4 is 0 Å². The highest BCUT2D eigenvalue weighted by molar-refractivity contribution is 7.16. The van der Waals surface area contributed by atoms with Gasteiger partial charge in [0.05, 0.1) is 32.3 Å². The van der Waals surface area contributed by atoms with Crippen LogP contribution in [0.1, 0.15) is 99.2 Å². The Morgan fingerprint density at radius 2 is 1.25 bits per heavy atom. The average molecular weight is 629 g/mol. The molecule has 2 aliphatic rings. The zero-order valence-electron chi connectivity index (χ0n) is 26.4. The van der Waals surface area contributed by atoms with Crippen LogP contribution in [0, 0.1) is 11.8 Å². The maximum atomic E-state index is 14.6. The second kappa shape index (κ2) is 14.7. The SMILES string of the molecule is CCCCC(CC)CN1C(=O)C2=C(c3ccc(-c4ccc(C=O)cc4)s3)N(CC(CC)CCCC)C(=O)C2=C1c1cccs1. The van der Waals surface area contributed by atoms with E-state index in [0.29, 0.717) is 41.6 Å². The summed E-state index contributed by atoms with van der Waals surface area (Å²) in [7, 11) is 0. The molecule has 0 saturated heterocycles. The second-order valence-electron chi connectivity index (χ2n) is 12.0. The molecule has 2 amide bonds. The van der Waals surface area contributed by atoms with Gasteiger partial charge in [-0.3, -0.25) is 14.4 Å². The fraction of sp³-hybridized carbons (Fsp3) is 0.432. The number of amides is 2. The quantitative estimate of drug-likeness (QED) is 0.149. The maximum Gasteiger partial charge on any atom is 0.261 e. The lowest BCUT2D eigenvalue weighted by Gasteiger charge is -2.29. The number of nitrogens with zero attached hydrogens (tertiary/aromatic N) is 2. The molecule has 0 aliphatic carbocycles. The Balaban J connectivity index is 1.64. The van der Waals surface area contributed by atoms with Crippen LogP contribution in [-0.2, 0) is 9.59 Å². The zero-order chi connectivity index (χ0) is 31.2. The van der Waals surface area contributed by atoms with Crippen LogP contribution in [0.3, 0.4) is 0 Å². The molecule has 2 unspecified atom stereocenters. The van der Waals surface area contributed by atoms with Gasteiger partial charge in [-0.25, -0.2) is 0 Å². The minimum Gasteiger partial charge on any atom is -0.306 e. The van der Waals surface area contributed by atoms with E-state index in [4.69, 9.17) is 0 Å². The summed E-state index contributed by atoms with van der Waals surface area (Å²) in [6.07, 6.45) is 9.46. The van der Waals surface area contributed by atoms with Gasteiger partial charge in [-0.2, -0.15) is 0 Å². The lowest BCUT2D eigenvalue weighted by atomic mass is 9.98. The molecular formula is C37H44N2O3S2. The molecule has 5 rings (SSSR count). The third-order valence-corrected chi connectivity index (χ3v) is 11.1. The Bertz CT molecular complexity index is 1530. The van der Waals surface area contributed by atoms with Crippen molar-refractivity contribution in [2.75, 3.05) is 13.1 Å². The first-order valence-electron chi connectivity index (χ1n) is 16.3. The average Bonchev–Trinajstić information content (AvgIpc) is 3.85. The van der Waals surface area contributed by atoms with Gasteiger partial charge < -0.3 is 9.80 Å². The van der Waals surface area contributed by atoms with Gasteiger partial charge in [0, 0.05) is 23.5 Å². The number of carbonyl (C=O) groups excluding carboxylic acids is 3. The van der Waals surface area contributed by atoms with Crippen molar-refractivity contribution in [2.24, 2.45) is 11.8 Å². The molecule has 1 aromatic carbocycles. The van der Waals surface area contributed by atoms with Crippen molar-refractivity contribution in [2.45, 2.75) is 79.1 Å². The molecule has 0 N–H and O–H groups in total. The number of hydrogen-bond donors (Lipinski definition) is 0. The number of benzene rings is 1. The third-order valence-electron chi connectivity index (χ3n) is 9.07. The molecule has 0 spiro atoms. The van der Waals surface area contributed by atoms with Gasteiger partial charge in [0.15, 0.2) is 0 Å². The Kier molecular flexibility index (Phi) is 10.7. The van der Waals surface area contributed by atoms with Crippen molar-refractivity contribution >= 4 is 52.2 Å². The number of carbonyl (C=O) groups is 3. The van der Waals surface area contributed by atoms with Crippen LogP contribution in [0.4, 0.5) is 0 Å². The van der Waals surface area contributed by atoms with Crippen molar-refractivity contribution in [3.63, 3.8) is 0 Å². The summed E-state index contributed by atoms with van der Waals surface area (Å²) >= 11 is 3.20. The first-order valence-corrected chi connectivity index (χ1v) is 18.0. The number of aldehydes is 1. The molecule has 7 heteroatoms. The van der Waals surface area contributed by atoms with Crippen molar-refractivity contribution in [1.29, 1.82) is 0 Å². The zero-order valence-corrected chi connectivity index (χ0v) is 28.1. The molecule has 0 saturated carbocycles. The van der Waals surface area contributed by atoms with Gasteiger partial charge in [-0.05, 0) is 53.8 Å². The fourth-order valence-electron chi connectivity index (χ4n) is 6.37. The van der Waals surface area contributed by atoms with E-state index in [1.54, 1.807) is 22.7 Å². The molecule has 5 nitrogen and oxygen atoms in total. The summed E-state index contributed by atoms with van der Waals surface area (Å²) in [6.45, 7) is 10.0. The molecule has 0 radical (unpaired) electrons. The predicted octanol–water partition coefficient (Wildman–Crippen LogP) is 9.53. The van der Waals surface area contributed by atoms with Crippen LogP contribution >= 0.6 is 22.7 Å². The third kappa shape index (κ3) is 6.40.